The molecule has 1 aromatic heterocycles. The normalized spacial score (nSPS) is 21.9. The van der Waals surface area contributed by atoms with Gasteiger partial charge in [-0.25, -0.2) is 9.37 Å². The van der Waals surface area contributed by atoms with Crippen LogP contribution >= 0.6 is 0 Å². The molecule has 2 aromatic rings. The number of amides is 1. The Bertz CT molecular complexity index is 668. The van der Waals surface area contributed by atoms with Crippen LogP contribution in [-0.2, 0) is 4.74 Å². The lowest BCUT2D eigenvalue weighted by molar-refractivity contribution is -0.0442. The third-order valence-corrected chi connectivity index (χ3v) is 4.02. The molecule has 5 nitrogen and oxygen atoms in total. The number of rotatable bonds is 2. The summed E-state index contributed by atoms with van der Waals surface area (Å²) in [6.07, 6.45) is 1.21. The maximum Gasteiger partial charge on any atom is 0.276 e. The minimum absolute atomic E-state index is 0.0288. The van der Waals surface area contributed by atoms with E-state index in [1.54, 1.807) is 17.0 Å². The van der Waals surface area contributed by atoms with Crippen molar-refractivity contribution in [2.24, 2.45) is 0 Å². The van der Waals surface area contributed by atoms with E-state index in [0.29, 0.717) is 24.5 Å². The Labute approximate surface area is 127 Å². The highest BCUT2D eigenvalue weighted by Crippen LogP contribution is 2.26. The third-order valence-electron chi connectivity index (χ3n) is 4.02. The average molecular weight is 304 g/mol. The second kappa shape index (κ2) is 5.88. The van der Waals surface area contributed by atoms with Crippen LogP contribution in [0.15, 0.2) is 35.1 Å². The molecule has 1 amide bonds. The van der Waals surface area contributed by atoms with E-state index < -0.39 is 0 Å². The van der Waals surface area contributed by atoms with Gasteiger partial charge >= 0.3 is 0 Å². The zero-order valence-corrected chi connectivity index (χ0v) is 12.5. The van der Waals surface area contributed by atoms with Crippen molar-refractivity contribution in [2.45, 2.75) is 26.0 Å². The first-order chi connectivity index (χ1) is 10.6. The second-order valence-electron chi connectivity index (χ2n) is 5.35. The minimum Gasteiger partial charge on any atom is -0.443 e. The molecule has 0 unspecified atom stereocenters. The summed E-state index contributed by atoms with van der Waals surface area (Å²) in [6.45, 7) is 4.90. The van der Waals surface area contributed by atoms with Gasteiger partial charge in [0.15, 0.2) is 17.8 Å². The molecule has 116 valence electrons. The summed E-state index contributed by atoms with van der Waals surface area (Å²) < 4.78 is 23.9. The molecular weight excluding hydrogens is 287 g/mol. The van der Waals surface area contributed by atoms with Gasteiger partial charge in [0, 0.05) is 12.1 Å². The zero-order chi connectivity index (χ0) is 15.7. The fraction of sp³-hybridized carbons (Fsp3) is 0.375. The van der Waals surface area contributed by atoms with Crippen molar-refractivity contribution >= 4 is 5.91 Å². The first-order valence-electron chi connectivity index (χ1n) is 7.20. The van der Waals surface area contributed by atoms with Gasteiger partial charge < -0.3 is 14.1 Å². The van der Waals surface area contributed by atoms with Crippen molar-refractivity contribution in [1.82, 2.24) is 9.88 Å². The molecule has 22 heavy (non-hydrogen) atoms. The van der Waals surface area contributed by atoms with Crippen LogP contribution in [0.2, 0.25) is 0 Å². The predicted octanol–water partition coefficient (Wildman–Crippen LogP) is 2.73. The van der Waals surface area contributed by atoms with E-state index in [1.165, 1.54) is 18.5 Å². The molecule has 0 bridgehead atoms. The Balaban J connectivity index is 1.91. The topological polar surface area (TPSA) is 55.6 Å². The molecule has 0 saturated carbocycles. The lowest BCUT2D eigenvalue weighted by atomic mass is 10.1. The Morgan fingerprint density at radius 3 is 2.77 bits per heavy atom. The Morgan fingerprint density at radius 1 is 1.32 bits per heavy atom. The molecule has 1 aliphatic heterocycles. The Kier molecular flexibility index (Phi) is 3.94. The number of morpholine rings is 1. The summed E-state index contributed by atoms with van der Waals surface area (Å²) in [5, 5.41) is 0. The van der Waals surface area contributed by atoms with Crippen molar-refractivity contribution in [3.8, 4) is 11.3 Å². The van der Waals surface area contributed by atoms with Crippen LogP contribution in [0.25, 0.3) is 11.3 Å². The lowest BCUT2D eigenvalue weighted by Crippen LogP contribution is -2.51. The highest BCUT2D eigenvalue weighted by atomic mass is 19.1. The van der Waals surface area contributed by atoms with Crippen LogP contribution in [0, 0.1) is 5.82 Å². The molecule has 0 aliphatic carbocycles. The number of carbonyl (C=O) groups is 1. The predicted molar refractivity (Wildman–Crippen MR) is 77.8 cm³/mol. The van der Waals surface area contributed by atoms with Crippen molar-refractivity contribution in [2.75, 3.05) is 13.2 Å². The standard InChI is InChI=1S/C16H17FN2O3/c1-10-11(2)21-8-7-19(10)16(20)14-15(22-9-18-14)12-3-5-13(17)6-4-12/h3-6,9-11H,7-8H2,1-2H3/t10-,11+/m0/s1. The van der Waals surface area contributed by atoms with E-state index in [4.69, 9.17) is 9.15 Å². The van der Waals surface area contributed by atoms with Crippen LogP contribution in [0.5, 0.6) is 0 Å². The van der Waals surface area contributed by atoms with Crippen molar-refractivity contribution < 1.29 is 18.3 Å². The number of nitrogens with zero attached hydrogens (tertiary/aromatic N) is 2. The average Bonchev–Trinajstić information content (AvgIpc) is 2.99. The highest BCUT2D eigenvalue weighted by Gasteiger charge is 2.32. The van der Waals surface area contributed by atoms with Crippen LogP contribution in [0.1, 0.15) is 24.3 Å². The molecule has 1 aliphatic rings. The van der Waals surface area contributed by atoms with E-state index >= 15 is 0 Å². The van der Waals surface area contributed by atoms with Gasteiger partial charge in [-0.2, -0.15) is 0 Å². The van der Waals surface area contributed by atoms with Gasteiger partial charge in [-0.1, -0.05) is 0 Å². The van der Waals surface area contributed by atoms with E-state index in [-0.39, 0.29) is 29.6 Å². The number of carbonyl (C=O) groups excluding carboxylic acids is 1. The molecule has 6 heteroatoms. The molecule has 3 rings (SSSR count). The summed E-state index contributed by atoms with van der Waals surface area (Å²) >= 11 is 0. The van der Waals surface area contributed by atoms with Gasteiger partial charge in [0.2, 0.25) is 0 Å². The minimum atomic E-state index is -0.341. The van der Waals surface area contributed by atoms with Gasteiger partial charge in [-0.15, -0.1) is 0 Å². The lowest BCUT2D eigenvalue weighted by Gasteiger charge is -2.37. The van der Waals surface area contributed by atoms with Gasteiger partial charge in [0.05, 0.1) is 18.8 Å². The largest absolute Gasteiger partial charge is 0.443 e. The maximum atomic E-state index is 13.0. The van der Waals surface area contributed by atoms with Crippen LogP contribution < -0.4 is 0 Å². The van der Waals surface area contributed by atoms with E-state index in [0.717, 1.165) is 0 Å². The zero-order valence-electron chi connectivity index (χ0n) is 12.5. The van der Waals surface area contributed by atoms with Crippen LogP contribution in [0.4, 0.5) is 4.39 Å². The van der Waals surface area contributed by atoms with Gasteiger partial charge in [0.1, 0.15) is 5.82 Å². The Hall–Kier alpha value is -2.21. The molecule has 1 saturated heterocycles. The summed E-state index contributed by atoms with van der Waals surface area (Å²) in [5.41, 5.74) is 0.865. The molecule has 1 aromatic carbocycles. The summed E-state index contributed by atoms with van der Waals surface area (Å²) in [4.78, 5) is 18.5. The molecule has 2 heterocycles. The summed E-state index contributed by atoms with van der Waals surface area (Å²) in [7, 11) is 0. The maximum absolute atomic E-state index is 13.0. The molecule has 2 atom stereocenters. The SMILES string of the molecule is C[C@H]1OCCN(C(=O)c2ncoc2-c2ccc(F)cc2)[C@H]1C. The van der Waals surface area contributed by atoms with E-state index in [1.807, 2.05) is 13.8 Å². The number of hydrogen-bond donors (Lipinski definition) is 0. The number of halogens is 1. The fourth-order valence-electron chi connectivity index (χ4n) is 2.56. The van der Waals surface area contributed by atoms with Gasteiger partial charge in [-0.3, -0.25) is 4.79 Å². The number of hydrogen-bond acceptors (Lipinski definition) is 4. The molecule has 1 fully saturated rings. The van der Waals surface area contributed by atoms with Gasteiger partial charge in [-0.05, 0) is 38.1 Å². The van der Waals surface area contributed by atoms with Crippen LogP contribution in [-0.4, -0.2) is 41.1 Å². The first kappa shape index (κ1) is 14.7. The molecule has 0 N–H and O–H groups in total. The Morgan fingerprint density at radius 2 is 2.05 bits per heavy atom. The second-order valence-corrected chi connectivity index (χ2v) is 5.35. The fourth-order valence-corrected chi connectivity index (χ4v) is 2.56. The van der Waals surface area contributed by atoms with E-state index in [2.05, 4.69) is 4.98 Å². The number of benzene rings is 1. The van der Waals surface area contributed by atoms with Crippen molar-refractivity contribution in [3.05, 3.63) is 42.2 Å². The van der Waals surface area contributed by atoms with E-state index in [9.17, 15) is 9.18 Å². The quantitative estimate of drug-likeness (QED) is 0.856. The number of ether oxygens (including phenoxy) is 1. The van der Waals surface area contributed by atoms with Crippen molar-refractivity contribution in [3.63, 3.8) is 0 Å². The van der Waals surface area contributed by atoms with Gasteiger partial charge in [0.25, 0.3) is 5.91 Å². The smallest absolute Gasteiger partial charge is 0.276 e. The van der Waals surface area contributed by atoms with Crippen LogP contribution in [0.3, 0.4) is 0 Å². The first-order valence-corrected chi connectivity index (χ1v) is 7.20. The third kappa shape index (κ3) is 2.62. The number of aromatic nitrogens is 1. The highest BCUT2D eigenvalue weighted by molar-refractivity contribution is 5.97. The molecule has 0 spiro atoms. The summed E-state index contributed by atoms with van der Waals surface area (Å²) in [6, 6.07) is 5.74. The summed E-state index contributed by atoms with van der Waals surface area (Å²) in [5.74, 6) is -0.182. The number of oxazole rings is 1. The molecule has 0 radical (unpaired) electrons. The van der Waals surface area contributed by atoms with Crippen molar-refractivity contribution in [1.29, 1.82) is 0 Å². The monoisotopic (exact) mass is 304 g/mol. The molecular formula is C16H17FN2O3.